The van der Waals surface area contributed by atoms with Crippen molar-refractivity contribution in [3.63, 3.8) is 0 Å². The van der Waals surface area contributed by atoms with Crippen LogP contribution in [0.5, 0.6) is 0 Å². The Morgan fingerprint density at radius 1 is 1.00 bits per heavy atom. The molecule has 1 unspecified atom stereocenters. The summed E-state index contributed by atoms with van der Waals surface area (Å²) in [6.07, 6.45) is 1.91. The second-order valence-electron chi connectivity index (χ2n) is 6.94. The van der Waals surface area contributed by atoms with Crippen LogP contribution in [-0.2, 0) is 9.59 Å². The zero-order valence-electron chi connectivity index (χ0n) is 13.9. The lowest BCUT2D eigenvalue weighted by atomic mass is 10.2. The quantitative estimate of drug-likeness (QED) is 0.449. The number of hydrogen-bond donors (Lipinski definition) is 3. The van der Waals surface area contributed by atoms with Gasteiger partial charge in [0, 0.05) is 6.08 Å². The number of quaternary nitrogens is 2. The summed E-state index contributed by atoms with van der Waals surface area (Å²) < 4.78 is 1.33. The van der Waals surface area contributed by atoms with Gasteiger partial charge in [-0.3, -0.25) is 4.79 Å². The molecule has 0 radical (unpaired) electrons. The standard InChI is InChI=1S/C7H15NO3.C7H13NO2/c1-8(2,3)5-6(9)4-7(10)11;1-8(2,3)6-4-5-7(9)10/h6,9H,4-5H2,1-3H3;4-5H,6H2,1-3H3/p+2/b;5-4+. The van der Waals surface area contributed by atoms with Crippen molar-refractivity contribution in [3.8, 4) is 0 Å². The molecule has 0 aliphatic rings. The van der Waals surface area contributed by atoms with Crippen LogP contribution in [0.25, 0.3) is 0 Å². The first-order valence-corrected chi connectivity index (χ1v) is 6.63. The lowest BCUT2D eigenvalue weighted by Gasteiger charge is -2.25. The molecule has 0 saturated heterocycles. The average Bonchev–Trinajstić information content (AvgIpc) is 2.09. The van der Waals surface area contributed by atoms with E-state index in [1.807, 2.05) is 42.3 Å². The molecule has 7 heteroatoms. The van der Waals surface area contributed by atoms with E-state index >= 15 is 0 Å². The molecule has 0 aromatic carbocycles. The number of carbonyl (C=O) groups is 2. The van der Waals surface area contributed by atoms with E-state index in [0.29, 0.717) is 11.0 Å². The highest BCUT2D eigenvalue weighted by Gasteiger charge is 2.17. The fourth-order valence-corrected chi connectivity index (χ4v) is 1.37. The maximum Gasteiger partial charge on any atom is 0.328 e. The highest BCUT2D eigenvalue weighted by atomic mass is 16.4. The number of carboxylic acid groups (broad SMARTS) is 2. The molecule has 0 aromatic heterocycles. The zero-order chi connectivity index (χ0) is 17.3. The molecule has 0 amide bonds. The molecule has 0 bridgehead atoms. The molecular weight excluding hydrogens is 276 g/mol. The summed E-state index contributed by atoms with van der Waals surface area (Å²) in [4.78, 5) is 20.1. The molecule has 0 spiro atoms. The summed E-state index contributed by atoms with van der Waals surface area (Å²) in [7, 11) is 11.7. The van der Waals surface area contributed by atoms with Crippen LogP contribution in [0.2, 0.25) is 0 Å². The van der Waals surface area contributed by atoms with Crippen molar-refractivity contribution >= 4 is 11.9 Å². The molecule has 21 heavy (non-hydrogen) atoms. The molecule has 0 fully saturated rings. The normalized spacial score (nSPS) is 13.5. The molecule has 0 saturated carbocycles. The van der Waals surface area contributed by atoms with Gasteiger partial charge in [0.25, 0.3) is 0 Å². The summed E-state index contributed by atoms with van der Waals surface area (Å²) in [5.41, 5.74) is 0. The van der Waals surface area contributed by atoms with E-state index in [0.717, 1.165) is 11.0 Å². The van der Waals surface area contributed by atoms with Crippen LogP contribution in [-0.4, -0.2) is 97.7 Å². The van der Waals surface area contributed by atoms with E-state index in [1.165, 1.54) is 6.08 Å². The van der Waals surface area contributed by atoms with Crippen LogP contribution in [0.4, 0.5) is 0 Å². The van der Waals surface area contributed by atoms with Crippen LogP contribution in [0, 0.1) is 0 Å². The Morgan fingerprint density at radius 2 is 1.48 bits per heavy atom. The molecule has 0 heterocycles. The third-order valence-corrected chi connectivity index (χ3v) is 2.08. The third-order valence-electron chi connectivity index (χ3n) is 2.08. The topological polar surface area (TPSA) is 94.8 Å². The number of aliphatic carboxylic acids is 2. The minimum atomic E-state index is -0.953. The minimum Gasteiger partial charge on any atom is -0.481 e. The van der Waals surface area contributed by atoms with Crippen molar-refractivity contribution < 1.29 is 33.9 Å². The Bertz CT molecular complexity index is 353. The summed E-state index contributed by atoms with van der Waals surface area (Å²) >= 11 is 0. The number of likely N-dealkylation sites (N-methyl/N-ethyl adjacent to an activating group) is 2. The largest absolute Gasteiger partial charge is 0.481 e. The summed E-state index contributed by atoms with van der Waals surface area (Å²) in [6.45, 7) is 1.21. The Morgan fingerprint density at radius 3 is 1.76 bits per heavy atom. The predicted octanol–water partition coefficient (Wildman–Crippen LogP) is -0.138. The van der Waals surface area contributed by atoms with Gasteiger partial charge < -0.3 is 24.3 Å². The number of rotatable bonds is 7. The fraction of sp³-hybridized carbons (Fsp3) is 0.714. The Kier molecular flexibility index (Phi) is 9.87. The van der Waals surface area contributed by atoms with Crippen LogP contribution in [0.15, 0.2) is 12.2 Å². The van der Waals surface area contributed by atoms with Crippen LogP contribution in [0.3, 0.4) is 0 Å². The molecule has 0 aromatic rings. The Hall–Kier alpha value is -1.44. The molecule has 1 atom stereocenters. The summed E-state index contributed by atoms with van der Waals surface area (Å²) in [5, 5.41) is 25.7. The Balaban J connectivity index is 0. The molecule has 0 rings (SSSR count). The van der Waals surface area contributed by atoms with Crippen molar-refractivity contribution in [3.05, 3.63) is 12.2 Å². The maximum absolute atomic E-state index is 10.1. The van der Waals surface area contributed by atoms with Gasteiger partial charge in [-0.05, 0) is 6.08 Å². The lowest BCUT2D eigenvalue weighted by Crippen LogP contribution is -2.42. The van der Waals surface area contributed by atoms with E-state index in [4.69, 9.17) is 15.3 Å². The van der Waals surface area contributed by atoms with Crippen molar-refractivity contribution in [2.45, 2.75) is 12.5 Å². The number of carboxylic acids is 2. The lowest BCUT2D eigenvalue weighted by molar-refractivity contribution is -0.873. The van der Waals surface area contributed by atoms with Crippen molar-refractivity contribution in [2.24, 2.45) is 0 Å². The van der Waals surface area contributed by atoms with Crippen LogP contribution in [0.1, 0.15) is 6.42 Å². The SMILES string of the molecule is C[N+](C)(C)C/C=C/C(=O)O.C[N+](C)(C)CC(O)CC(=O)O. The van der Waals surface area contributed by atoms with E-state index in [-0.39, 0.29) is 6.42 Å². The van der Waals surface area contributed by atoms with Gasteiger partial charge in [-0.25, -0.2) is 4.79 Å². The Labute approximate surface area is 126 Å². The second kappa shape index (κ2) is 9.49. The first-order valence-electron chi connectivity index (χ1n) is 6.63. The first kappa shape index (κ1) is 21.9. The van der Waals surface area contributed by atoms with Crippen molar-refractivity contribution in [2.75, 3.05) is 55.4 Å². The second-order valence-corrected chi connectivity index (χ2v) is 6.94. The van der Waals surface area contributed by atoms with Gasteiger partial charge in [0.05, 0.1) is 55.3 Å². The van der Waals surface area contributed by atoms with Gasteiger partial charge in [-0.1, -0.05) is 0 Å². The highest BCUT2D eigenvalue weighted by molar-refractivity contribution is 5.79. The van der Waals surface area contributed by atoms with Gasteiger partial charge in [0.1, 0.15) is 12.6 Å². The van der Waals surface area contributed by atoms with Gasteiger partial charge >= 0.3 is 11.9 Å². The van der Waals surface area contributed by atoms with Crippen molar-refractivity contribution in [1.82, 2.24) is 0 Å². The van der Waals surface area contributed by atoms with E-state index < -0.39 is 18.0 Å². The van der Waals surface area contributed by atoms with Gasteiger partial charge in [-0.15, -0.1) is 0 Å². The zero-order valence-corrected chi connectivity index (χ0v) is 13.9. The fourth-order valence-electron chi connectivity index (χ4n) is 1.37. The molecule has 0 aliphatic heterocycles. The number of hydrogen-bond acceptors (Lipinski definition) is 3. The van der Waals surface area contributed by atoms with Gasteiger partial charge in [-0.2, -0.15) is 0 Å². The van der Waals surface area contributed by atoms with Crippen molar-refractivity contribution in [1.29, 1.82) is 0 Å². The number of aliphatic hydroxyl groups excluding tert-OH is 1. The van der Waals surface area contributed by atoms with E-state index in [1.54, 1.807) is 6.08 Å². The monoisotopic (exact) mass is 306 g/mol. The maximum atomic E-state index is 10.1. The molecule has 124 valence electrons. The first-order chi connectivity index (χ1) is 9.23. The smallest absolute Gasteiger partial charge is 0.328 e. The molecular formula is C14H30N2O5+2. The predicted molar refractivity (Wildman–Crippen MR) is 80.8 cm³/mol. The number of nitrogens with zero attached hydrogens (tertiary/aromatic N) is 2. The summed E-state index contributed by atoms with van der Waals surface area (Å²) in [5.74, 6) is -1.83. The van der Waals surface area contributed by atoms with Gasteiger partial charge in [0.2, 0.25) is 0 Å². The molecule has 7 nitrogen and oxygen atoms in total. The summed E-state index contributed by atoms with van der Waals surface area (Å²) in [6, 6.07) is 0. The van der Waals surface area contributed by atoms with Crippen LogP contribution >= 0.6 is 0 Å². The van der Waals surface area contributed by atoms with Crippen LogP contribution < -0.4 is 0 Å². The van der Waals surface area contributed by atoms with E-state index in [9.17, 15) is 9.59 Å². The third kappa shape index (κ3) is 24.0. The number of aliphatic hydroxyl groups is 1. The molecule has 0 aliphatic carbocycles. The minimum absolute atomic E-state index is 0.171. The molecule has 3 N–H and O–H groups in total. The van der Waals surface area contributed by atoms with E-state index in [2.05, 4.69) is 0 Å². The highest BCUT2D eigenvalue weighted by Crippen LogP contribution is 1.98. The average molecular weight is 306 g/mol. The van der Waals surface area contributed by atoms with Gasteiger partial charge in [0.15, 0.2) is 0 Å².